The van der Waals surface area contributed by atoms with Gasteiger partial charge in [-0.05, 0) is 46.5 Å². The number of methoxy groups -OCH3 is 1. The van der Waals surface area contributed by atoms with Gasteiger partial charge in [0.2, 0.25) is 0 Å². The summed E-state index contributed by atoms with van der Waals surface area (Å²) in [4.78, 5) is 26.4. The molecule has 186 valence electrons. The van der Waals surface area contributed by atoms with E-state index in [0.717, 1.165) is 21.9 Å². The van der Waals surface area contributed by atoms with Crippen molar-refractivity contribution in [1.29, 1.82) is 5.41 Å². The normalized spacial score (nSPS) is 12.7. The number of nitrogens with one attached hydrogen (secondary N) is 2. The summed E-state index contributed by atoms with van der Waals surface area (Å²) in [5.74, 6) is -1.51. The molecule has 0 spiro atoms. The number of carbonyl (C=O) groups excluding carboxylic acids is 2. The number of hydrogen-bond donors (Lipinski definition) is 3. The number of fused-ring (bicyclic) bond motifs is 1. The lowest BCUT2D eigenvalue weighted by atomic mass is 9.90. The van der Waals surface area contributed by atoms with E-state index in [4.69, 9.17) is 15.9 Å². The molecule has 1 amide bonds. The molecule has 2 atom stereocenters. The molecule has 0 bridgehead atoms. The van der Waals surface area contributed by atoms with Crippen LogP contribution in [0.2, 0.25) is 0 Å². The molecule has 4 aromatic carbocycles. The second-order valence-corrected chi connectivity index (χ2v) is 8.78. The summed E-state index contributed by atoms with van der Waals surface area (Å²) in [7, 11) is 1.34. The van der Waals surface area contributed by atoms with Crippen LogP contribution in [0, 0.1) is 11.3 Å². The highest BCUT2D eigenvalue weighted by molar-refractivity contribution is 5.99. The third kappa shape index (κ3) is 6.49. The molecule has 0 heterocycles. The molecular formula is C31H29N3O3. The summed E-state index contributed by atoms with van der Waals surface area (Å²) in [5.41, 5.74) is 8.48. The van der Waals surface area contributed by atoms with Crippen molar-refractivity contribution in [2.75, 3.05) is 7.11 Å². The number of rotatable bonds is 9. The van der Waals surface area contributed by atoms with Gasteiger partial charge in [-0.3, -0.25) is 15.0 Å². The Kier molecular flexibility index (Phi) is 8.11. The van der Waals surface area contributed by atoms with Crippen LogP contribution in [-0.4, -0.2) is 30.9 Å². The first kappa shape index (κ1) is 25.4. The van der Waals surface area contributed by atoms with Crippen molar-refractivity contribution in [2.45, 2.75) is 12.5 Å². The van der Waals surface area contributed by atoms with E-state index in [1.54, 1.807) is 24.3 Å². The Labute approximate surface area is 216 Å². The quantitative estimate of drug-likeness (QED) is 0.175. The molecule has 37 heavy (non-hydrogen) atoms. The Bertz CT molecular complexity index is 1450. The smallest absolute Gasteiger partial charge is 0.311 e. The van der Waals surface area contributed by atoms with Gasteiger partial charge in [0, 0.05) is 11.1 Å². The molecule has 6 heteroatoms. The van der Waals surface area contributed by atoms with Gasteiger partial charge in [0.1, 0.15) is 5.84 Å². The Hall–Kier alpha value is -4.71. The molecule has 0 fully saturated rings. The van der Waals surface area contributed by atoms with Gasteiger partial charge < -0.3 is 15.8 Å². The number of amidine groups is 1. The maximum Gasteiger partial charge on any atom is 0.311 e. The van der Waals surface area contributed by atoms with Crippen LogP contribution in [0.5, 0.6) is 0 Å². The molecule has 0 aromatic heterocycles. The van der Waals surface area contributed by atoms with Gasteiger partial charge >= 0.3 is 5.97 Å². The van der Waals surface area contributed by atoms with E-state index in [1.807, 2.05) is 84.9 Å². The largest absolute Gasteiger partial charge is 0.469 e. The Morgan fingerprint density at radius 3 is 2.35 bits per heavy atom. The summed E-state index contributed by atoms with van der Waals surface area (Å²) >= 11 is 0. The molecule has 0 saturated heterocycles. The van der Waals surface area contributed by atoms with Crippen LogP contribution < -0.4 is 11.1 Å². The molecule has 6 nitrogen and oxygen atoms in total. The average Bonchev–Trinajstić information content (AvgIpc) is 2.94. The van der Waals surface area contributed by atoms with Crippen LogP contribution in [0.4, 0.5) is 0 Å². The zero-order valence-corrected chi connectivity index (χ0v) is 20.6. The van der Waals surface area contributed by atoms with Crippen molar-refractivity contribution in [3.05, 3.63) is 125 Å². The molecule has 4 N–H and O–H groups in total. The van der Waals surface area contributed by atoms with Crippen molar-refractivity contribution in [3.8, 4) is 0 Å². The molecule has 2 unspecified atom stereocenters. The van der Waals surface area contributed by atoms with Gasteiger partial charge in [-0.25, -0.2) is 0 Å². The van der Waals surface area contributed by atoms with Crippen LogP contribution in [0.15, 0.2) is 103 Å². The lowest BCUT2D eigenvalue weighted by Gasteiger charge is -2.24. The van der Waals surface area contributed by atoms with E-state index in [9.17, 15) is 9.59 Å². The van der Waals surface area contributed by atoms with Gasteiger partial charge in [-0.15, -0.1) is 0 Å². The highest BCUT2D eigenvalue weighted by atomic mass is 16.5. The highest BCUT2D eigenvalue weighted by Crippen LogP contribution is 2.20. The summed E-state index contributed by atoms with van der Waals surface area (Å²) < 4.78 is 5.15. The number of nitrogen functional groups attached to an aromatic ring is 1. The van der Waals surface area contributed by atoms with E-state index in [1.165, 1.54) is 7.11 Å². The van der Waals surface area contributed by atoms with Crippen LogP contribution in [0.3, 0.4) is 0 Å². The van der Waals surface area contributed by atoms with Gasteiger partial charge in [-0.1, -0.05) is 91.0 Å². The van der Waals surface area contributed by atoms with E-state index in [0.29, 0.717) is 11.1 Å². The van der Waals surface area contributed by atoms with E-state index < -0.39 is 17.9 Å². The first-order chi connectivity index (χ1) is 17.9. The van der Waals surface area contributed by atoms with Crippen molar-refractivity contribution >= 4 is 34.6 Å². The van der Waals surface area contributed by atoms with Gasteiger partial charge in [0.15, 0.2) is 0 Å². The average molecular weight is 492 g/mol. The maximum atomic E-state index is 13.4. The number of ether oxygens (including phenoxy) is 1. The van der Waals surface area contributed by atoms with Crippen LogP contribution >= 0.6 is 0 Å². The lowest BCUT2D eigenvalue weighted by Crippen LogP contribution is -2.43. The standard InChI is InChI=1S/C31H29N3O3/c1-37-31(36)27(19-22-10-7-13-25(18-22)29(32)33)28(17-14-21-8-3-2-4-9-21)34-30(35)26-16-15-23-11-5-6-12-24(23)20-26/h2-18,20,27-28H,19H2,1H3,(H3,32,33)(H,34,35). The minimum Gasteiger partial charge on any atom is -0.469 e. The van der Waals surface area contributed by atoms with Crippen molar-refractivity contribution in [1.82, 2.24) is 5.32 Å². The van der Waals surface area contributed by atoms with Crippen molar-refractivity contribution in [3.63, 3.8) is 0 Å². The number of nitrogens with two attached hydrogens (primary N) is 1. The third-order valence-electron chi connectivity index (χ3n) is 6.24. The molecule has 4 aromatic rings. The van der Waals surface area contributed by atoms with Crippen LogP contribution in [-0.2, 0) is 16.0 Å². The van der Waals surface area contributed by atoms with Gasteiger partial charge in [-0.2, -0.15) is 0 Å². The summed E-state index contributed by atoms with van der Waals surface area (Å²) in [6.45, 7) is 0. The van der Waals surface area contributed by atoms with E-state index in [2.05, 4.69) is 5.32 Å². The fourth-order valence-corrected chi connectivity index (χ4v) is 4.26. The molecule has 0 saturated carbocycles. The minimum absolute atomic E-state index is 0.0541. The van der Waals surface area contributed by atoms with Crippen LogP contribution in [0.25, 0.3) is 16.8 Å². The Morgan fingerprint density at radius 1 is 0.892 bits per heavy atom. The molecular weight excluding hydrogens is 462 g/mol. The summed E-state index contributed by atoms with van der Waals surface area (Å²) in [6, 6.07) is 29.5. The molecule has 0 aliphatic rings. The second kappa shape index (κ2) is 11.8. The number of carbonyl (C=O) groups is 2. The van der Waals surface area contributed by atoms with E-state index >= 15 is 0 Å². The predicted octanol–water partition coefficient (Wildman–Crippen LogP) is 4.97. The van der Waals surface area contributed by atoms with E-state index in [-0.39, 0.29) is 18.2 Å². The number of amides is 1. The fraction of sp³-hybridized carbons (Fsp3) is 0.129. The highest BCUT2D eigenvalue weighted by Gasteiger charge is 2.30. The second-order valence-electron chi connectivity index (χ2n) is 8.78. The third-order valence-corrected chi connectivity index (χ3v) is 6.24. The number of esters is 1. The zero-order chi connectivity index (χ0) is 26.2. The van der Waals surface area contributed by atoms with Gasteiger partial charge in [0.05, 0.1) is 19.1 Å². The van der Waals surface area contributed by atoms with Crippen molar-refractivity contribution < 1.29 is 14.3 Å². The topological polar surface area (TPSA) is 105 Å². The monoisotopic (exact) mass is 491 g/mol. The fourth-order valence-electron chi connectivity index (χ4n) is 4.26. The van der Waals surface area contributed by atoms with Gasteiger partial charge in [0.25, 0.3) is 5.91 Å². The molecule has 0 radical (unpaired) electrons. The molecule has 4 rings (SSSR count). The summed E-state index contributed by atoms with van der Waals surface area (Å²) in [6.07, 6.45) is 3.99. The minimum atomic E-state index is -0.712. The number of benzene rings is 4. The lowest BCUT2D eigenvalue weighted by molar-refractivity contribution is -0.145. The zero-order valence-electron chi connectivity index (χ0n) is 20.6. The molecule has 0 aliphatic heterocycles. The first-order valence-corrected chi connectivity index (χ1v) is 12.0. The Balaban J connectivity index is 1.68. The maximum absolute atomic E-state index is 13.4. The molecule has 0 aliphatic carbocycles. The first-order valence-electron chi connectivity index (χ1n) is 12.0. The number of hydrogen-bond acceptors (Lipinski definition) is 4. The van der Waals surface area contributed by atoms with Crippen molar-refractivity contribution in [2.24, 2.45) is 11.7 Å². The Morgan fingerprint density at radius 2 is 1.62 bits per heavy atom. The predicted molar refractivity (Wildman–Crippen MR) is 147 cm³/mol. The summed E-state index contributed by atoms with van der Waals surface area (Å²) in [5, 5.41) is 12.8. The van der Waals surface area contributed by atoms with Crippen LogP contribution in [0.1, 0.15) is 27.0 Å². The SMILES string of the molecule is COC(=O)C(Cc1cccc(C(=N)N)c1)C(C=Cc1ccccc1)NC(=O)c1ccc2ccccc2c1.